The average Bonchev–Trinajstić information content (AvgIpc) is 2.38. The lowest BCUT2D eigenvalue weighted by atomic mass is 10.1. The molecule has 1 aliphatic heterocycles. The molecule has 0 unspecified atom stereocenters. The third kappa shape index (κ3) is 2.88. The van der Waals surface area contributed by atoms with Crippen LogP contribution in [0.1, 0.15) is 12.8 Å². The number of hydrogen-bond acceptors (Lipinski definition) is 5. The number of hydrogen-bond donors (Lipinski definition) is 0. The zero-order valence-electron chi connectivity index (χ0n) is 10.3. The number of methoxy groups -OCH3 is 1. The minimum Gasteiger partial charge on any atom is -0.491 e. The van der Waals surface area contributed by atoms with Crippen LogP contribution in [-0.2, 0) is 0 Å². The van der Waals surface area contributed by atoms with Gasteiger partial charge in [-0.25, -0.2) is 8.78 Å². The molecule has 1 fully saturated rings. The predicted molar refractivity (Wildman–Crippen MR) is 63.8 cm³/mol. The molecule has 0 atom stereocenters. The second-order valence-corrected chi connectivity index (χ2v) is 4.30. The Morgan fingerprint density at radius 3 is 2.58 bits per heavy atom. The predicted octanol–water partition coefficient (Wildman–Crippen LogP) is 2.23. The maximum atomic E-state index is 13.1. The van der Waals surface area contributed by atoms with Gasteiger partial charge < -0.3 is 19.8 Å². The third-order valence-electron chi connectivity index (χ3n) is 3.03. The molecule has 6 nitrogen and oxygen atoms in total. The second kappa shape index (κ2) is 4.94. The van der Waals surface area contributed by atoms with Gasteiger partial charge in [0.15, 0.2) is 5.75 Å². The van der Waals surface area contributed by atoms with Gasteiger partial charge in [0.25, 0.3) is 11.7 Å². The molecule has 104 valence electrons. The van der Waals surface area contributed by atoms with E-state index >= 15 is 0 Å². The van der Waals surface area contributed by atoms with Crippen LogP contribution in [0, 0.1) is 10.1 Å². The monoisotopic (exact) mass is 273 g/mol. The Labute approximate surface area is 108 Å². The summed E-state index contributed by atoms with van der Waals surface area (Å²) in [4.78, 5) is 15.5. The van der Waals surface area contributed by atoms with Crippen LogP contribution in [-0.4, -0.2) is 36.0 Å². The summed E-state index contributed by atoms with van der Waals surface area (Å²) in [6, 6.07) is 2.65. The SMILES string of the molecule is COc1ccc([N+](=O)[O-])nc1N1CCC(F)(F)CC1. The number of alkyl halides is 2. The Hall–Kier alpha value is -1.99. The lowest BCUT2D eigenvalue weighted by Crippen LogP contribution is -2.40. The van der Waals surface area contributed by atoms with Gasteiger partial charge in [0.05, 0.1) is 7.11 Å². The van der Waals surface area contributed by atoms with Gasteiger partial charge in [-0.05, 0) is 16.0 Å². The van der Waals surface area contributed by atoms with Crippen LogP contribution in [0.3, 0.4) is 0 Å². The van der Waals surface area contributed by atoms with Gasteiger partial charge in [0.1, 0.15) is 0 Å². The lowest BCUT2D eigenvalue weighted by molar-refractivity contribution is -0.389. The molecule has 2 rings (SSSR count). The zero-order chi connectivity index (χ0) is 14.0. The molecule has 1 aliphatic rings. The van der Waals surface area contributed by atoms with Gasteiger partial charge in [-0.15, -0.1) is 0 Å². The van der Waals surface area contributed by atoms with Crippen LogP contribution >= 0.6 is 0 Å². The normalized spacial score (nSPS) is 18.2. The van der Waals surface area contributed by atoms with Crippen molar-refractivity contribution in [2.24, 2.45) is 0 Å². The van der Waals surface area contributed by atoms with Crippen molar-refractivity contribution >= 4 is 11.6 Å². The third-order valence-corrected chi connectivity index (χ3v) is 3.03. The molecular weight excluding hydrogens is 260 g/mol. The first-order chi connectivity index (χ1) is 8.93. The second-order valence-electron chi connectivity index (χ2n) is 4.30. The van der Waals surface area contributed by atoms with Crippen molar-refractivity contribution in [1.29, 1.82) is 0 Å². The molecule has 0 aliphatic carbocycles. The van der Waals surface area contributed by atoms with E-state index in [1.807, 2.05) is 0 Å². The number of anilines is 1. The fraction of sp³-hybridized carbons (Fsp3) is 0.545. The lowest BCUT2D eigenvalue weighted by Gasteiger charge is -2.31. The molecule has 0 bridgehead atoms. The molecule has 0 spiro atoms. The molecule has 0 N–H and O–H groups in total. The van der Waals surface area contributed by atoms with E-state index in [0.717, 1.165) is 0 Å². The maximum Gasteiger partial charge on any atom is 0.366 e. The number of ether oxygens (including phenoxy) is 1. The zero-order valence-corrected chi connectivity index (χ0v) is 10.3. The highest BCUT2D eigenvalue weighted by Crippen LogP contribution is 2.34. The molecule has 19 heavy (non-hydrogen) atoms. The summed E-state index contributed by atoms with van der Waals surface area (Å²) in [5, 5.41) is 10.7. The summed E-state index contributed by atoms with van der Waals surface area (Å²) < 4.78 is 31.3. The van der Waals surface area contributed by atoms with Gasteiger partial charge >= 0.3 is 5.82 Å². The fourth-order valence-electron chi connectivity index (χ4n) is 1.96. The molecule has 1 aromatic rings. The molecule has 8 heteroatoms. The van der Waals surface area contributed by atoms with E-state index in [0.29, 0.717) is 5.75 Å². The van der Waals surface area contributed by atoms with Gasteiger partial charge in [-0.2, -0.15) is 0 Å². The first kappa shape index (κ1) is 13.4. The Morgan fingerprint density at radius 2 is 2.05 bits per heavy atom. The minimum atomic E-state index is -2.68. The van der Waals surface area contributed by atoms with Crippen LogP contribution in [0.5, 0.6) is 5.75 Å². The van der Waals surface area contributed by atoms with E-state index in [9.17, 15) is 18.9 Å². The van der Waals surface area contributed by atoms with Crippen LogP contribution in [0.15, 0.2) is 12.1 Å². The van der Waals surface area contributed by atoms with Gasteiger partial charge in [-0.1, -0.05) is 0 Å². The van der Waals surface area contributed by atoms with Crippen molar-refractivity contribution in [3.05, 3.63) is 22.2 Å². The molecule has 0 amide bonds. The summed E-state index contributed by atoms with van der Waals surface area (Å²) >= 11 is 0. The number of pyridine rings is 1. The van der Waals surface area contributed by atoms with E-state index < -0.39 is 10.8 Å². The van der Waals surface area contributed by atoms with E-state index in [-0.39, 0.29) is 37.6 Å². The molecule has 1 aromatic heterocycles. The van der Waals surface area contributed by atoms with E-state index in [1.165, 1.54) is 19.2 Å². The number of nitrogens with zero attached hydrogens (tertiary/aromatic N) is 3. The Balaban J connectivity index is 2.27. The minimum absolute atomic E-state index is 0.0948. The summed E-state index contributed by atoms with van der Waals surface area (Å²) in [5.74, 6) is -2.42. The van der Waals surface area contributed by atoms with Crippen molar-refractivity contribution in [3.63, 3.8) is 0 Å². The van der Waals surface area contributed by atoms with Gasteiger partial charge in [0.2, 0.25) is 0 Å². The van der Waals surface area contributed by atoms with Crippen molar-refractivity contribution in [3.8, 4) is 5.75 Å². The molecular formula is C11H13F2N3O3. The largest absolute Gasteiger partial charge is 0.491 e. The smallest absolute Gasteiger partial charge is 0.366 e. The van der Waals surface area contributed by atoms with Crippen LogP contribution in [0.2, 0.25) is 0 Å². The van der Waals surface area contributed by atoms with Crippen molar-refractivity contribution in [2.75, 3.05) is 25.1 Å². The number of halogens is 2. The quantitative estimate of drug-likeness (QED) is 0.624. The highest BCUT2D eigenvalue weighted by Gasteiger charge is 2.36. The van der Waals surface area contributed by atoms with Gasteiger partial charge in [-0.3, -0.25) is 0 Å². The maximum absolute atomic E-state index is 13.1. The summed E-state index contributed by atoms with van der Waals surface area (Å²) in [7, 11) is 1.41. The fourth-order valence-corrected chi connectivity index (χ4v) is 1.96. The van der Waals surface area contributed by atoms with Crippen LogP contribution in [0.25, 0.3) is 0 Å². The van der Waals surface area contributed by atoms with Crippen LogP contribution < -0.4 is 9.64 Å². The molecule has 0 saturated carbocycles. The molecule has 0 radical (unpaired) electrons. The summed E-state index contributed by atoms with van der Waals surface area (Å²) in [6.45, 7) is 0.190. The number of piperidine rings is 1. The Bertz CT molecular complexity index is 486. The summed E-state index contributed by atoms with van der Waals surface area (Å²) in [5.41, 5.74) is 0. The standard InChI is InChI=1S/C11H13F2N3O3/c1-19-8-2-3-9(16(17)18)14-10(8)15-6-4-11(12,13)5-7-15/h2-3H,4-7H2,1H3. The highest BCUT2D eigenvalue weighted by molar-refractivity contribution is 5.55. The molecule has 2 heterocycles. The van der Waals surface area contributed by atoms with Crippen molar-refractivity contribution in [1.82, 2.24) is 4.98 Å². The van der Waals surface area contributed by atoms with Crippen molar-refractivity contribution < 1.29 is 18.4 Å². The first-order valence-corrected chi connectivity index (χ1v) is 5.75. The van der Waals surface area contributed by atoms with Crippen LogP contribution in [0.4, 0.5) is 20.4 Å². The molecule has 1 saturated heterocycles. The molecule has 0 aromatic carbocycles. The van der Waals surface area contributed by atoms with E-state index in [2.05, 4.69) is 4.98 Å². The highest BCUT2D eigenvalue weighted by atomic mass is 19.3. The van der Waals surface area contributed by atoms with E-state index in [4.69, 9.17) is 4.74 Å². The average molecular weight is 273 g/mol. The first-order valence-electron chi connectivity index (χ1n) is 5.75. The Kier molecular flexibility index (Phi) is 3.50. The summed E-state index contributed by atoms with van der Waals surface area (Å²) in [6.07, 6.45) is -0.582. The van der Waals surface area contributed by atoms with Gasteiger partial charge in [0, 0.05) is 32.0 Å². The number of rotatable bonds is 3. The Morgan fingerprint density at radius 1 is 1.42 bits per heavy atom. The number of nitro groups is 1. The van der Waals surface area contributed by atoms with E-state index in [1.54, 1.807) is 4.90 Å². The van der Waals surface area contributed by atoms with Crippen molar-refractivity contribution in [2.45, 2.75) is 18.8 Å². The number of aromatic nitrogens is 1. The topological polar surface area (TPSA) is 68.5 Å².